The van der Waals surface area contributed by atoms with Gasteiger partial charge in [-0.1, -0.05) is 242 Å². The van der Waals surface area contributed by atoms with E-state index in [2.05, 4.69) is 305 Å². The molecule has 81 heavy (non-hydrogen) atoms. The predicted octanol–water partition coefficient (Wildman–Crippen LogP) is 19.4. The summed E-state index contributed by atoms with van der Waals surface area (Å²) in [5.74, 6) is 0. The highest BCUT2D eigenvalue weighted by atomic mass is 15.3. The van der Waals surface area contributed by atoms with Crippen LogP contribution in [-0.4, -0.2) is 12.3 Å². The van der Waals surface area contributed by atoms with Crippen LogP contribution in [0.5, 0.6) is 0 Å². The first-order chi connectivity index (χ1) is 38.6. The summed E-state index contributed by atoms with van der Waals surface area (Å²) in [6.45, 7) is 31.4. The van der Waals surface area contributed by atoms with Crippen molar-refractivity contribution in [1.29, 1.82) is 0 Å². The van der Waals surface area contributed by atoms with Gasteiger partial charge in [0.25, 0.3) is 6.71 Å². The second-order valence-electron chi connectivity index (χ2n) is 28.2. The smallest absolute Gasteiger partial charge is 0.252 e. The molecule has 1 fully saturated rings. The first-order valence-electron chi connectivity index (χ1n) is 30.0. The Balaban J connectivity index is 1.22. The standard InChI is InChI=1S/C77H80BN3/c1-72(2,3)55-36-40-64(59(46-55)52-29-19-15-20-30-52)79-67-42-38-57(74(7,8)9)48-63(67)78-62-39-35-54(51-27-17-14-18-28-51)45-68(62)80(65-41-37-56(73(4,5)6)47-60(65)53-31-21-16-22-32-53)70-50-58(49-69(79)71(70)78)81-66-34-24-23-33-61(66)75(10,11)76(12)43-25-26-44-77(76,81)13/h14-24,27-42,45-50H,25-26,43-44H2,1-13H3. The van der Waals surface area contributed by atoms with Gasteiger partial charge in [0, 0.05) is 56.2 Å². The predicted molar refractivity (Wildman–Crippen MR) is 349 cm³/mol. The van der Waals surface area contributed by atoms with Crippen molar-refractivity contribution in [2.45, 2.75) is 143 Å². The number of benzene rings is 9. The largest absolute Gasteiger partial charge is 0.335 e. The number of rotatable bonds is 6. The molecule has 9 aromatic rings. The van der Waals surface area contributed by atoms with Gasteiger partial charge < -0.3 is 14.7 Å². The lowest BCUT2D eigenvalue weighted by atomic mass is 9.33. The van der Waals surface area contributed by atoms with Gasteiger partial charge in [-0.15, -0.1) is 0 Å². The van der Waals surface area contributed by atoms with Crippen LogP contribution >= 0.6 is 0 Å². The van der Waals surface area contributed by atoms with Crippen molar-refractivity contribution in [1.82, 2.24) is 0 Å². The van der Waals surface area contributed by atoms with E-state index in [-0.39, 0.29) is 39.3 Å². The number of para-hydroxylation sites is 1. The zero-order valence-corrected chi connectivity index (χ0v) is 50.3. The molecule has 3 heterocycles. The Morgan fingerprint density at radius 1 is 0.370 bits per heavy atom. The zero-order valence-electron chi connectivity index (χ0n) is 50.3. The lowest BCUT2D eigenvalue weighted by Gasteiger charge is -2.66. The van der Waals surface area contributed by atoms with E-state index in [1.807, 2.05) is 0 Å². The van der Waals surface area contributed by atoms with E-state index in [1.54, 1.807) is 0 Å². The molecule has 0 aromatic heterocycles. The Hall–Kier alpha value is -7.56. The minimum absolute atomic E-state index is 0.0404. The summed E-state index contributed by atoms with van der Waals surface area (Å²) in [5, 5.41) is 0. The molecule has 0 radical (unpaired) electrons. The number of hydrogen-bond donors (Lipinski definition) is 0. The molecule has 3 aliphatic heterocycles. The van der Waals surface area contributed by atoms with Gasteiger partial charge in [0.2, 0.25) is 0 Å². The van der Waals surface area contributed by atoms with Crippen LogP contribution in [-0.2, 0) is 21.7 Å². The van der Waals surface area contributed by atoms with E-state index in [0.29, 0.717) is 0 Å². The van der Waals surface area contributed by atoms with E-state index in [9.17, 15) is 0 Å². The topological polar surface area (TPSA) is 9.72 Å². The average molecular weight is 1060 g/mol. The van der Waals surface area contributed by atoms with Gasteiger partial charge in [0.1, 0.15) is 0 Å². The highest BCUT2D eigenvalue weighted by molar-refractivity contribution is 7.00. The highest BCUT2D eigenvalue weighted by Crippen LogP contribution is 2.66. The van der Waals surface area contributed by atoms with Crippen LogP contribution in [0.25, 0.3) is 33.4 Å². The summed E-state index contributed by atoms with van der Waals surface area (Å²) in [4.78, 5) is 8.25. The fourth-order valence-corrected chi connectivity index (χ4v) is 15.0. The molecule has 1 saturated carbocycles. The molecule has 2 unspecified atom stereocenters. The van der Waals surface area contributed by atoms with Crippen LogP contribution < -0.4 is 31.1 Å². The molecule has 1 aliphatic carbocycles. The van der Waals surface area contributed by atoms with E-state index < -0.39 is 0 Å². The molecular weight excluding hydrogens is 978 g/mol. The van der Waals surface area contributed by atoms with Crippen molar-refractivity contribution < 1.29 is 0 Å². The molecule has 4 aliphatic rings. The van der Waals surface area contributed by atoms with Gasteiger partial charge in [0.05, 0.1) is 11.4 Å². The number of anilines is 8. The van der Waals surface area contributed by atoms with Crippen molar-refractivity contribution in [3.63, 3.8) is 0 Å². The van der Waals surface area contributed by atoms with Crippen LogP contribution in [0.3, 0.4) is 0 Å². The number of fused-ring (bicyclic) bond motifs is 6. The molecule has 9 aromatic carbocycles. The fraction of sp³-hybridized carbons (Fsp3) is 0.299. The van der Waals surface area contributed by atoms with Crippen LogP contribution in [0, 0.1) is 5.41 Å². The van der Waals surface area contributed by atoms with E-state index >= 15 is 0 Å². The summed E-state index contributed by atoms with van der Waals surface area (Å²) in [5.41, 5.74) is 25.9. The first kappa shape index (κ1) is 52.8. The summed E-state index contributed by atoms with van der Waals surface area (Å²) in [6, 6.07) is 77.6. The van der Waals surface area contributed by atoms with Gasteiger partial charge >= 0.3 is 0 Å². The van der Waals surface area contributed by atoms with Crippen molar-refractivity contribution in [3.05, 3.63) is 222 Å². The van der Waals surface area contributed by atoms with Crippen LogP contribution in [0.1, 0.15) is 138 Å². The third-order valence-electron chi connectivity index (χ3n) is 20.1. The number of nitrogens with zero attached hydrogens (tertiary/aromatic N) is 3. The molecular formula is C77H80BN3. The SMILES string of the molecule is CC(C)(C)c1ccc2c(c1)B1c3ccc(-c4ccccc4)cc3N(c3ccc(C(C)(C)C)cc3-c3ccccc3)c3cc(N4c5ccccc5C(C)(C)C5(C)CCCCC45C)cc(c31)N2c1ccc(C(C)(C)C)cc1-c1ccccc1. The normalized spacial score (nSPS) is 19.1. The molecule has 4 heteroatoms. The Labute approximate surface area is 484 Å². The zero-order chi connectivity index (χ0) is 56.6. The molecule has 0 N–H and O–H groups in total. The summed E-state index contributed by atoms with van der Waals surface area (Å²) >= 11 is 0. The van der Waals surface area contributed by atoms with Crippen molar-refractivity contribution in [2.75, 3.05) is 14.7 Å². The van der Waals surface area contributed by atoms with Crippen molar-refractivity contribution in [2.24, 2.45) is 5.41 Å². The molecule has 0 saturated heterocycles. The Kier molecular flexibility index (Phi) is 12.2. The first-order valence-corrected chi connectivity index (χ1v) is 30.0. The van der Waals surface area contributed by atoms with Crippen LogP contribution in [0.15, 0.2) is 200 Å². The number of hydrogen-bond acceptors (Lipinski definition) is 3. The monoisotopic (exact) mass is 1060 g/mol. The summed E-state index contributed by atoms with van der Waals surface area (Å²) in [7, 11) is 0. The molecule has 0 spiro atoms. The van der Waals surface area contributed by atoms with Gasteiger partial charge in [-0.3, -0.25) is 0 Å². The second kappa shape index (κ2) is 18.7. The summed E-state index contributed by atoms with van der Waals surface area (Å²) in [6.07, 6.45) is 4.70. The second-order valence-corrected chi connectivity index (χ2v) is 28.2. The average Bonchev–Trinajstić information content (AvgIpc) is 2.15. The minimum atomic E-state index is -0.215. The highest BCUT2D eigenvalue weighted by Gasteiger charge is 2.62. The van der Waals surface area contributed by atoms with Crippen LogP contribution in [0.2, 0.25) is 0 Å². The lowest BCUT2D eigenvalue weighted by Crippen LogP contribution is -2.67. The fourth-order valence-electron chi connectivity index (χ4n) is 15.0. The van der Waals surface area contributed by atoms with Crippen molar-refractivity contribution in [3.8, 4) is 33.4 Å². The van der Waals surface area contributed by atoms with Gasteiger partial charge in [-0.2, -0.15) is 0 Å². The van der Waals surface area contributed by atoms with E-state index in [0.717, 1.165) is 6.42 Å². The van der Waals surface area contributed by atoms with Crippen molar-refractivity contribution >= 4 is 68.6 Å². The maximum absolute atomic E-state index is 2.85. The Bertz CT molecular complexity index is 3910. The molecule has 2 atom stereocenters. The molecule has 13 rings (SSSR count). The van der Waals surface area contributed by atoms with E-state index in [4.69, 9.17) is 0 Å². The maximum Gasteiger partial charge on any atom is 0.252 e. The third-order valence-corrected chi connectivity index (χ3v) is 20.1. The van der Waals surface area contributed by atoms with Gasteiger partial charge in [-0.05, 0) is 157 Å². The summed E-state index contributed by atoms with van der Waals surface area (Å²) < 4.78 is 0. The Morgan fingerprint density at radius 2 is 0.840 bits per heavy atom. The van der Waals surface area contributed by atoms with E-state index in [1.165, 1.54) is 137 Å². The van der Waals surface area contributed by atoms with Gasteiger partial charge in [-0.25, -0.2) is 0 Å². The molecule has 0 amide bonds. The molecule has 0 bridgehead atoms. The van der Waals surface area contributed by atoms with Gasteiger partial charge in [0.15, 0.2) is 0 Å². The Morgan fingerprint density at radius 3 is 1.38 bits per heavy atom. The quantitative estimate of drug-likeness (QED) is 0.154. The molecule has 406 valence electrons. The lowest BCUT2D eigenvalue weighted by molar-refractivity contribution is 0.0106. The third kappa shape index (κ3) is 8.27. The minimum Gasteiger partial charge on any atom is -0.335 e. The van der Waals surface area contributed by atoms with Crippen LogP contribution in [0.4, 0.5) is 45.5 Å². The maximum atomic E-state index is 2.85. The molecule has 3 nitrogen and oxygen atoms in total.